The second kappa shape index (κ2) is 8.64. The van der Waals surface area contributed by atoms with E-state index in [9.17, 15) is 4.79 Å². The van der Waals surface area contributed by atoms with Gasteiger partial charge in [-0.15, -0.1) is 0 Å². The highest BCUT2D eigenvalue weighted by atomic mass is 16.5. The molecule has 0 spiro atoms. The number of rotatable bonds is 10. The molecular weight excluding hydrogens is 268 g/mol. The van der Waals surface area contributed by atoms with Crippen molar-refractivity contribution >= 4 is 5.91 Å². The summed E-state index contributed by atoms with van der Waals surface area (Å²) in [6.45, 7) is 2.63. The standard InChI is InChI=1S/C16H24N2O3/c1-20-11-9-17-12-13-4-2-3-5-15(13)21-10-8-16(19)18-14-6-7-14/h2-5,14,17H,6-12H2,1H3,(H,18,19). The third kappa shape index (κ3) is 6.14. The lowest BCUT2D eigenvalue weighted by atomic mass is 10.2. The first-order valence-corrected chi connectivity index (χ1v) is 7.49. The minimum absolute atomic E-state index is 0.0770. The summed E-state index contributed by atoms with van der Waals surface area (Å²) in [5, 5.41) is 6.25. The quantitative estimate of drug-likeness (QED) is 0.641. The Morgan fingerprint density at radius 1 is 1.29 bits per heavy atom. The molecule has 1 amide bonds. The van der Waals surface area contributed by atoms with Crippen molar-refractivity contribution in [2.75, 3.05) is 26.9 Å². The van der Waals surface area contributed by atoms with Gasteiger partial charge >= 0.3 is 0 Å². The molecule has 0 aliphatic heterocycles. The number of amides is 1. The maximum atomic E-state index is 11.6. The van der Waals surface area contributed by atoms with Crippen LogP contribution in [-0.2, 0) is 16.1 Å². The van der Waals surface area contributed by atoms with Crippen LogP contribution in [0.1, 0.15) is 24.8 Å². The van der Waals surface area contributed by atoms with Gasteiger partial charge in [0.15, 0.2) is 0 Å². The average molecular weight is 292 g/mol. The highest BCUT2D eigenvalue weighted by Crippen LogP contribution is 2.19. The van der Waals surface area contributed by atoms with Crippen molar-refractivity contribution < 1.29 is 14.3 Å². The molecule has 1 saturated carbocycles. The molecular formula is C16H24N2O3. The summed E-state index contributed by atoms with van der Waals surface area (Å²) in [7, 11) is 1.69. The third-order valence-corrected chi connectivity index (χ3v) is 3.30. The van der Waals surface area contributed by atoms with Crippen molar-refractivity contribution in [1.29, 1.82) is 0 Å². The van der Waals surface area contributed by atoms with E-state index < -0.39 is 0 Å². The molecule has 1 aromatic carbocycles. The highest BCUT2D eigenvalue weighted by molar-refractivity contribution is 5.76. The molecule has 0 atom stereocenters. The number of carbonyl (C=O) groups excluding carboxylic acids is 1. The van der Waals surface area contributed by atoms with Crippen LogP contribution in [0.25, 0.3) is 0 Å². The van der Waals surface area contributed by atoms with Crippen molar-refractivity contribution in [1.82, 2.24) is 10.6 Å². The first-order chi connectivity index (χ1) is 10.3. The van der Waals surface area contributed by atoms with Gasteiger partial charge in [-0.25, -0.2) is 0 Å². The Bertz CT molecular complexity index is 447. The summed E-state index contributed by atoms with van der Waals surface area (Å²) < 4.78 is 10.7. The van der Waals surface area contributed by atoms with Crippen molar-refractivity contribution in [2.24, 2.45) is 0 Å². The van der Waals surface area contributed by atoms with Gasteiger partial charge < -0.3 is 20.1 Å². The summed E-state index contributed by atoms with van der Waals surface area (Å²) in [5.41, 5.74) is 1.09. The van der Waals surface area contributed by atoms with Gasteiger partial charge in [0.05, 0.1) is 19.6 Å². The predicted octanol–water partition coefficient (Wildman–Crippen LogP) is 1.47. The van der Waals surface area contributed by atoms with Crippen LogP contribution in [-0.4, -0.2) is 38.8 Å². The van der Waals surface area contributed by atoms with Crippen molar-refractivity contribution in [2.45, 2.75) is 31.8 Å². The Kier molecular flexibility index (Phi) is 6.50. The lowest BCUT2D eigenvalue weighted by Crippen LogP contribution is -2.26. The number of carbonyl (C=O) groups is 1. The van der Waals surface area contributed by atoms with E-state index in [-0.39, 0.29) is 5.91 Å². The van der Waals surface area contributed by atoms with Crippen LogP contribution in [0.4, 0.5) is 0 Å². The van der Waals surface area contributed by atoms with Crippen LogP contribution in [0.5, 0.6) is 5.75 Å². The monoisotopic (exact) mass is 292 g/mol. The second-order valence-electron chi connectivity index (χ2n) is 5.22. The molecule has 0 saturated heterocycles. The van der Waals surface area contributed by atoms with E-state index in [0.29, 0.717) is 25.7 Å². The van der Waals surface area contributed by atoms with Crippen molar-refractivity contribution in [3.8, 4) is 5.75 Å². The fourth-order valence-electron chi connectivity index (χ4n) is 1.97. The maximum absolute atomic E-state index is 11.6. The van der Waals surface area contributed by atoms with Crippen LogP contribution in [0.2, 0.25) is 0 Å². The number of benzene rings is 1. The van der Waals surface area contributed by atoms with Crippen molar-refractivity contribution in [3.05, 3.63) is 29.8 Å². The van der Waals surface area contributed by atoms with E-state index >= 15 is 0 Å². The Balaban J connectivity index is 1.71. The van der Waals surface area contributed by atoms with Crippen LogP contribution in [0.15, 0.2) is 24.3 Å². The van der Waals surface area contributed by atoms with Crippen LogP contribution >= 0.6 is 0 Å². The summed E-state index contributed by atoms with van der Waals surface area (Å²) in [6.07, 6.45) is 2.63. The Hall–Kier alpha value is -1.59. The fraction of sp³-hybridized carbons (Fsp3) is 0.562. The van der Waals surface area contributed by atoms with E-state index in [1.165, 1.54) is 0 Å². The van der Waals surface area contributed by atoms with Gasteiger partial charge in [-0.05, 0) is 18.9 Å². The molecule has 21 heavy (non-hydrogen) atoms. The molecule has 0 unspecified atom stereocenters. The van der Waals surface area contributed by atoms with Gasteiger partial charge in [0.2, 0.25) is 5.91 Å². The minimum Gasteiger partial charge on any atom is -0.493 e. The molecule has 0 radical (unpaired) electrons. The summed E-state index contributed by atoms with van der Waals surface area (Å²) in [6, 6.07) is 8.30. The van der Waals surface area contributed by atoms with Gasteiger partial charge in [0.1, 0.15) is 5.75 Å². The molecule has 1 aliphatic rings. The molecule has 0 bridgehead atoms. The van der Waals surface area contributed by atoms with Crippen LogP contribution in [0, 0.1) is 0 Å². The summed E-state index contributed by atoms with van der Waals surface area (Å²) in [5.74, 6) is 0.912. The number of methoxy groups -OCH3 is 1. The maximum Gasteiger partial charge on any atom is 0.223 e. The minimum atomic E-state index is 0.0770. The number of para-hydroxylation sites is 1. The third-order valence-electron chi connectivity index (χ3n) is 3.30. The average Bonchev–Trinajstić information content (AvgIpc) is 3.29. The molecule has 2 N–H and O–H groups in total. The second-order valence-corrected chi connectivity index (χ2v) is 5.22. The topological polar surface area (TPSA) is 59.6 Å². The molecule has 5 nitrogen and oxygen atoms in total. The lowest BCUT2D eigenvalue weighted by Gasteiger charge is -2.12. The first kappa shape index (κ1) is 15.8. The van der Waals surface area contributed by atoms with E-state index in [4.69, 9.17) is 9.47 Å². The zero-order valence-electron chi connectivity index (χ0n) is 12.6. The molecule has 2 rings (SSSR count). The Labute approximate surface area is 126 Å². The van der Waals surface area contributed by atoms with E-state index in [1.54, 1.807) is 7.11 Å². The van der Waals surface area contributed by atoms with Gasteiger partial charge in [-0.1, -0.05) is 18.2 Å². The lowest BCUT2D eigenvalue weighted by molar-refractivity contribution is -0.121. The van der Waals surface area contributed by atoms with Gasteiger partial charge in [0.25, 0.3) is 0 Å². The Morgan fingerprint density at radius 3 is 2.86 bits per heavy atom. The largest absolute Gasteiger partial charge is 0.493 e. The van der Waals surface area contributed by atoms with Gasteiger partial charge in [0, 0.05) is 31.8 Å². The predicted molar refractivity (Wildman–Crippen MR) is 81.3 cm³/mol. The smallest absolute Gasteiger partial charge is 0.223 e. The molecule has 0 heterocycles. The summed E-state index contributed by atoms with van der Waals surface area (Å²) in [4.78, 5) is 11.6. The number of hydrogen-bond donors (Lipinski definition) is 2. The Morgan fingerprint density at radius 2 is 2.10 bits per heavy atom. The molecule has 5 heteroatoms. The van der Waals surface area contributed by atoms with Crippen LogP contribution in [0.3, 0.4) is 0 Å². The highest BCUT2D eigenvalue weighted by Gasteiger charge is 2.22. The summed E-state index contributed by atoms with van der Waals surface area (Å²) >= 11 is 0. The zero-order valence-corrected chi connectivity index (χ0v) is 12.6. The molecule has 116 valence electrons. The van der Waals surface area contributed by atoms with Crippen LogP contribution < -0.4 is 15.4 Å². The fourth-order valence-corrected chi connectivity index (χ4v) is 1.97. The number of hydrogen-bond acceptors (Lipinski definition) is 4. The van der Waals surface area contributed by atoms with E-state index in [2.05, 4.69) is 10.6 Å². The number of ether oxygens (including phenoxy) is 2. The molecule has 0 aromatic heterocycles. The van der Waals surface area contributed by atoms with Gasteiger partial charge in [-0.3, -0.25) is 4.79 Å². The molecule has 1 fully saturated rings. The molecule has 1 aromatic rings. The van der Waals surface area contributed by atoms with E-state index in [0.717, 1.165) is 37.2 Å². The van der Waals surface area contributed by atoms with Crippen molar-refractivity contribution in [3.63, 3.8) is 0 Å². The SMILES string of the molecule is COCCNCc1ccccc1OCCC(=O)NC1CC1. The first-order valence-electron chi connectivity index (χ1n) is 7.49. The van der Waals surface area contributed by atoms with Gasteiger partial charge in [-0.2, -0.15) is 0 Å². The number of nitrogens with one attached hydrogen (secondary N) is 2. The normalized spacial score (nSPS) is 14.0. The molecule has 1 aliphatic carbocycles. The van der Waals surface area contributed by atoms with E-state index in [1.807, 2.05) is 24.3 Å². The zero-order chi connectivity index (χ0) is 14.9.